The highest BCUT2D eigenvalue weighted by Crippen LogP contribution is 2.79. The second kappa shape index (κ2) is 0.859. The van der Waals surface area contributed by atoms with Crippen LogP contribution in [0, 0.1) is 0 Å². The van der Waals surface area contributed by atoms with Crippen molar-refractivity contribution >= 4 is 10.0 Å². The van der Waals surface area contributed by atoms with E-state index >= 15 is 0 Å². The zero-order chi connectivity index (χ0) is 5.07. The summed E-state index contributed by atoms with van der Waals surface area (Å²) >= 11 is 0. The van der Waals surface area contributed by atoms with Crippen LogP contribution in [0.4, 0.5) is 4.39 Å². The van der Waals surface area contributed by atoms with Crippen LogP contribution < -0.4 is 0 Å². The molecule has 0 N–H and O–H groups in total. The van der Waals surface area contributed by atoms with Crippen molar-refractivity contribution in [2.75, 3.05) is 12.0 Å². The van der Waals surface area contributed by atoms with Crippen molar-refractivity contribution in [3.63, 3.8) is 0 Å². The van der Waals surface area contributed by atoms with Crippen LogP contribution in [0.2, 0.25) is 0 Å². The zero-order valence-corrected chi connectivity index (χ0v) is 5.17. The zero-order valence-electron chi connectivity index (χ0n) is 4.36. The molecule has 2 fully saturated rings. The van der Waals surface area contributed by atoms with Gasteiger partial charge in [-0.25, -0.2) is 14.4 Å². The number of fused-ring (bicyclic) bond motifs is 1. The average molecular weight is 120 g/mol. The van der Waals surface area contributed by atoms with Gasteiger partial charge in [-0.1, -0.05) is 0 Å². The minimum Gasteiger partial charge on any atom is -0.237 e. The molecule has 0 radical (unpaired) electrons. The SMILES string of the molecule is CS12CC1CC2F. The molecular formula is C5H9FS. The predicted octanol–water partition coefficient (Wildman–Crippen LogP) is 1.50. The first kappa shape index (κ1) is 4.19. The molecule has 0 bridgehead atoms. The van der Waals surface area contributed by atoms with Crippen molar-refractivity contribution in [2.45, 2.75) is 17.2 Å². The molecule has 0 aromatic rings. The maximum atomic E-state index is 12.4. The molecular weight excluding hydrogens is 111 g/mol. The first-order valence-electron chi connectivity index (χ1n) is 2.61. The van der Waals surface area contributed by atoms with Crippen molar-refractivity contribution in [3.05, 3.63) is 0 Å². The molecule has 0 amide bonds. The van der Waals surface area contributed by atoms with Crippen LogP contribution in [-0.2, 0) is 0 Å². The Morgan fingerprint density at radius 3 is 2.43 bits per heavy atom. The molecule has 0 aromatic carbocycles. The summed E-state index contributed by atoms with van der Waals surface area (Å²) < 4.78 is 12.4. The molecule has 2 heterocycles. The third-order valence-corrected chi connectivity index (χ3v) is 6.16. The van der Waals surface area contributed by atoms with E-state index in [4.69, 9.17) is 0 Å². The van der Waals surface area contributed by atoms with Crippen molar-refractivity contribution < 1.29 is 4.39 Å². The Bertz CT molecular complexity index is 113. The lowest BCUT2D eigenvalue weighted by Crippen LogP contribution is -2.16. The lowest BCUT2D eigenvalue weighted by atomic mass is 10.4. The number of hydrogen-bond donors (Lipinski definition) is 0. The summed E-state index contributed by atoms with van der Waals surface area (Å²) in [6, 6.07) is 0. The molecule has 0 nitrogen and oxygen atoms in total. The van der Waals surface area contributed by atoms with E-state index in [0.29, 0.717) is 0 Å². The van der Waals surface area contributed by atoms with Gasteiger partial charge in [-0.2, -0.15) is 0 Å². The number of hydrogen-bond acceptors (Lipinski definition) is 0. The van der Waals surface area contributed by atoms with Crippen LogP contribution in [0.15, 0.2) is 0 Å². The molecule has 2 aliphatic rings. The fourth-order valence-electron chi connectivity index (χ4n) is 1.27. The summed E-state index contributed by atoms with van der Waals surface area (Å²) in [4.78, 5) is 0. The number of rotatable bonds is 0. The molecule has 3 atom stereocenters. The second-order valence-electron chi connectivity index (χ2n) is 2.66. The van der Waals surface area contributed by atoms with E-state index in [1.165, 1.54) is 5.75 Å². The van der Waals surface area contributed by atoms with Gasteiger partial charge in [-0.05, 0) is 18.4 Å². The Morgan fingerprint density at radius 1 is 1.71 bits per heavy atom. The summed E-state index contributed by atoms with van der Waals surface area (Å²) in [6.45, 7) is 0. The van der Waals surface area contributed by atoms with Crippen LogP contribution in [-0.4, -0.2) is 22.8 Å². The third-order valence-electron chi connectivity index (χ3n) is 2.22. The minimum absolute atomic E-state index is 0.363. The average Bonchev–Trinajstić information content (AvgIpc) is 2.13. The summed E-state index contributed by atoms with van der Waals surface area (Å²) in [5.74, 6) is 1.24. The van der Waals surface area contributed by atoms with E-state index in [0.717, 1.165) is 11.7 Å². The minimum atomic E-state index is -0.560. The van der Waals surface area contributed by atoms with Crippen LogP contribution in [0.5, 0.6) is 0 Å². The molecule has 0 aliphatic carbocycles. The van der Waals surface area contributed by atoms with Gasteiger partial charge in [-0.15, -0.1) is 0 Å². The van der Waals surface area contributed by atoms with Gasteiger partial charge in [0, 0.05) is 5.25 Å². The largest absolute Gasteiger partial charge is 0.237 e. The van der Waals surface area contributed by atoms with Gasteiger partial charge < -0.3 is 0 Å². The fraction of sp³-hybridized carbons (Fsp3) is 1.00. The van der Waals surface area contributed by atoms with Crippen LogP contribution in [0.25, 0.3) is 0 Å². The van der Waals surface area contributed by atoms with E-state index in [-0.39, 0.29) is 5.50 Å². The summed E-state index contributed by atoms with van der Waals surface area (Å²) in [5.41, 5.74) is -0.363. The Labute approximate surface area is 44.4 Å². The highest BCUT2D eigenvalue weighted by molar-refractivity contribution is 8.41. The summed E-state index contributed by atoms with van der Waals surface area (Å²) in [7, 11) is -0.560. The highest BCUT2D eigenvalue weighted by atomic mass is 32.3. The van der Waals surface area contributed by atoms with Crippen LogP contribution in [0.3, 0.4) is 0 Å². The molecule has 2 saturated heterocycles. The number of halogens is 1. The second-order valence-corrected chi connectivity index (χ2v) is 6.63. The molecule has 0 aromatic heterocycles. The quantitative estimate of drug-likeness (QED) is 0.425. The maximum absolute atomic E-state index is 12.4. The Hall–Kier alpha value is 0.280. The smallest absolute Gasteiger partial charge is 0.132 e. The van der Waals surface area contributed by atoms with Crippen molar-refractivity contribution in [1.82, 2.24) is 0 Å². The van der Waals surface area contributed by atoms with Crippen molar-refractivity contribution in [2.24, 2.45) is 0 Å². The lowest BCUT2D eigenvalue weighted by molar-refractivity contribution is 0.415. The van der Waals surface area contributed by atoms with Gasteiger partial charge in [0.25, 0.3) is 0 Å². The standard InChI is InChI=1S/C5H9FS/c1-7-3-4(7)2-5(7)6/h4-5H,2-3H2,1H3. The van der Waals surface area contributed by atoms with E-state index in [1.54, 1.807) is 0 Å². The van der Waals surface area contributed by atoms with E-state index < -0.39 is 10.0 Å². The topological polar surface area (TPSA) is 0 Å². The van der Waals surface area contributed by atoms with Gasteiger partial charge >= 0.3 is 0 Å². The fourth-order valence-corrected chi connectivity index (χ4v) is 4.32. The highest BCUT2D eigenvalue weighted by Gasteiger charge is 2.60. The first-order chi connectivity index (χ1) is 3.23. The van der Waals surface area contributed by atoms with E-state index in [9.17, 15) is 4.39 Å². The van der Waals surface area contributed by atoms with Gasteiger partial charge in [0.05, 0.1) is 0 Å². The third kappa shape index (κ3) is 0.309. The monoisotopic (exact) mass is 120 g/mol. The Kier molecular flexibility index (Phi) is 0.514. The molecule has 7 heavy (non-hydrogen) atoms. The maximum Gasteiger partial charge on any atom is 0.132 e. The van der Waals surface area contributed by atoms with E-state index in [2.05, 4.69) is 6.26 Å². The normalized spacial score (nSPS) is 75.1. The summed E-state index contributed by atoms with van der Waals surface area (Å²) in [5, 5.41) is 0.863. The van der Waals surface area contributed by atoms with Gasteiger partial charge in [0.2, 0.25) is 0 Å². The van der Waals surface area contributed by atoms with Gasteiger partial charge in [0.15, 0.2) is 0 Å². The van der Waals surface area contributed by atoms with Crippen LogP contribution in [0.1, 0.15) is 6.42 Å². The molecule has 0 saturated carbocycles. The molecule has 3 unspecified atom stereocenters. The number of alkyl halides is 1. The summed E-state index contributed by atoms with van der Waals surface area (Å²) in [6.07, 6.45) is 3.03. The van der Waals surface area contributed by atoms with Gasteiger partial charge in [0.1, 0.15) is 5.50 Å². The Balaban J connectivity index is 2.17. The van der Waals surface area contributed by atoms with E-state index in [1.807, 2.05) is 0 Å². The van der Waals surface area contributed by atoms with Gasteiger partial charge in [-0.3, -0.25) is 0 Å². The molecule has 42 valence electrons. The molecule has 2 heteroatoms. The first-order valence-corrected chi connectivity index (χ1v) is 4.95. The molecule has 2 rings (SSSR count). The van der Waals surface area contributed by atoms with Crippen molar-refractivity contribution in [3.8, 4) is 0 Å². The molecule has 0 spiro atoms. The molecule has 2 aliphatic heterocycles. The predicted molar refractivity (Wildman–Crippen MR) is 31.7 cm³/mol. The van der Waals surface area contributed by atoms with Crippen molar-refractivity contribution in [1.29, 1.82) is 0 Å². The van der Waals surface area contributed by atoms with Crippen LogP contribution >= 0.6 is 10.0 Å². The Morgan fingerprint density at radius 2 is 2.43 bits per heavy atom. The lowest BCUT2D eigenvalue weighted by Gasteiger charge is -2.30.